The number of halogens is 1. The number of nitrogens with one attached hydrogen (secondary N) is 1. The Morgan fingerprint density at radius 1 is 1.38 bits per heavy atom. The second-order valence-corrected chi connectivity index (χ2v) is 5.37. The van der Waals surface area contributed by atoms with E-state index in [4.69, 9.17) is 16.1 Å². The summed E-state index contributed by atoms with van der Waals surface area (Å²) >= 11 is 6.13. The van der Waals surface area contributed by atoms with E-state index in [0.717, 1.165) is 29.3 Å². The number of nitrogens with zero attached hydrogens (tertiary/aromatic N) is 3. The quantitative estimate of drug-likeness (QED) is 0.787. The molecule has 0 bridgehead atoms. The smallest absolute Gasteiger partial charge is 0.246 e. The van der Waals surface area contributed by atoms with Gasteiger partial charge >= 0.3 is 0 Å². The summed E-state index contributed by atoms with van der Waals surface area (Å²) in [4.78, 5) is 4.36. The number of aromatic nitrogens is 3. The van der Waals surface area contributed by atoms with Gasteiger partial charge in [0.1, 0.15) is 6.54 Å². The molecule has 0 spiro atoms. The van der Waals surface area contributed by atoms with Crippen LogP contribution in [0.1, 0.15) is 24.2 Å². The summed E-state index contributed by atoms with van der Waals surface area (Å²) in [5.41, 5.74) is 2.29. The van der Waals surface area contributed by atoms with Crippen LogP contribution in [0.15, 0.2) is 28.9 Å². The first-order valence-corrected chi connectivity index (χ1v) is 7.32. The Bertz CT molecular complexity index is 762. The molecule has 0 saturated carbocycles. The standard InChI is InChI=1S/C15H17ClN4O/c1-3-14-18-15(21-19-14)9-20-8-10(7-17-2)12-5-4-11(16)6-13(12)20/h4-6,8,17H,3,7,9H2,1-2H3. The van der Waals surface area contributed by atoms with Gasteiger partial charge in [-0.3, -0.25) is 0 Å². The molecule has 1 N–H and O–H groups in total. The number of aryl methyl sites for hydroxylation is 1. The van der Waals surface area contributed by atoms with E-state index in [-0.39, 0.29) is 0 Å². The minimum atomic E-state index is 0.549. The summed E-state index contributed by atoms with van der Waals surface area (Å²) in [5.74, 6) is 1.34. The van der Waals surface area contributed by atoms with Crippen LogP contribution in [0.4, 0.5) is 0 Å². The molecule has 21 heavy (non-hydrogen) atoms. The van der Waals surface area contributed by atoms with Crippen molar-refractivity contribution in [2.75, 3.05) is 7.05 Å². The lowest BCUT2D eigenvalue weighted by atomic mass is 10.2. The van der Waals surface area contributed by atoms with Gasteiger partial charge in [0.05, 0.1) is 5.52 Å². The van der Waals surface area contributed by atoms with Crippen molar-refractivity contribution in [1.29, 1.82) is 0 Å². The molecule has 0 unspecified atom stereocenters. The first-order valence-electron chi connectivity index (χ1n) is 6.94. The van der Waals surface area contributed by atoms with Gasteiger partial charge in [0.25, 0.3) is 0 Å². The van der Waals surface area contributed by atoms with Crippen molar-refractivity contribution in [3.05, 3.63) is 46.7 Å². The number of benzene rings is 1. The maximum atomic E-state index is 6.13. The monoisotopic (exact) mass is 304 g/mol. The van der Waals surface area contributed by atoms with Gasteiger partial charge in [0.15, 0.2) is 5.82 Å². The molecule has 0 aliphatic heterocycles. The molecule has 3 aromatic rings. The predicted molar refractivity (Wildman–Crippen MR) is 82.5 cm³/mol. The second-order valence-electron chi connectivity index (χ2n) is 4.93. The Kier molecular flexibility index (Phi) is 3.94. The Morgan fingerprint density at radius 3 is 2.95 bits per heavy atom. The molecule has 0 fully saturated rings. The van der Waals surface area contributed by atoms with Crippen molar-refractivity contribution in [1.82, 2.24) is 20.0 Å². The maximum absolute atomic E-state index is 6.13. The third-order valence-electron chi connectivity index (χ3n) is 3.43. The number of hydrogen-bond acceptors (Lipinski definition) is 4. The Hall–Kier alpha value is -1.85. The van der Waals surface area contributed by atoms with Crippen LogP contribution < -0.4 is 5.32 Å². The fourth-order valence-corrected chi connectivity index (χ4v) is 2.61. The molecule has 0 atom stereocenters. The highest BCUT2D eigenvalue weighted by Crippen LogP contribution is 2.25. The molecule has 2 aromatic heterocycles. The molecule has 110 valence electrons. The van der Waals surface area contributed by atoms with Crippen molar-refractivity contribution in [2.24, 2.45) is 0 Å². The summed E-state index contributed by atoms with van der Waals surface area (Å²) in [6, 6.07) is 5.93. The van der Waals surface area contributed by atoms with E-state index in [1.165, 1.54) is 10.9 Å². The lowest BCUT2D eigenvalue weighted by Crippen LogP contribution is -2.04. The predicted octanol–water partition coefficient (Wildman–Crippen LogP) is 3.01. The molecule has 0 aliphatic rings. The molecule has 1 aromatic carbocycles. The molecule has 0 aliphatic carbocycles. The minimum Gasteiger partial charge on any atom is -0.338 e. The highest BCUT2D eigenvalue weighted by molar-refractivity contribution is 6.31. The van der Waals surface area contributed by atoms with Gasteiger partial charge in [-0.1, -0.05) is 29.7 Å². The molecule has 2 heterocycles. The van der Waals surface area contributed by atoms with Crippen molar-refractivity contribution in [3.63, 3.8) is 0 Å². The van der Waals surface area contributed by atoms with Crippen LogP contribution in [-0.2, 0) is 19.5 Å². The first kappa shape index (κ1) is 14.1. The van der Waals surface area contributed by atoms with Crippen LogP contribution in [0.3, 0.4) is 0 Å². The van der Waals surface area contributed by atoms with Crippen LogP contribution in [0.25, 0.3) is 10.9 Å². The zero-order valence-electron chi connectivity index (χ0n) is 12.1. The largest absolute Gasteiger partial charge is 0.338 e. The normalized spacial score (nSPS) is 11.4. The molecule has 0 amide bonds. The highest BCUT2D eigenvalue weighted by atomic mass is 35.5. The molecule has 3 rings (SSSR count). The third kappa shape index (κ3) is 2.80. The van der Waals surface area contributed by atoms with E-state index in [0.29, 0.717) is 12.4 Å². The summed E-state index contributed by atoms with van der Waals surface area (Å²) in [7, 11) is 1.94. The molecule has 5 nitrogen and oxygen atoms in total. The van der Waals surface area contributed by atoms with Crippen molar-refractivity contribution in [3.8, 4) is 0 Å². The third-order valence-corrected chi connectivity index (χ3v) is 3.66. The van der Waals surface area contributed by atoms with E-state index >= 15 is 0 Å². The van der Waals surface area contributed by atoms with Gasteiger partial charge in [0, 0.05) is 29.6 Å². The maximum Gasteiger partial charge on any atom is 0.246 e. The number of fused-ring (bicyclic) bond motifs is 1. The van der Waals surface area contributed by atoms with Gasteiger partial charge in [-0.05, 0) is 24.7 Å². The Labute approximate surface area is 127 Å². The molecule has 6 heteroatoms. The van der Waals surface area contributed by atoms with Crippen molar-refractivity contribution in [2.45, 2.75) is 26.4 Å². The Morgan fingerprint density at radius 2 is 2.24 bits per heavy atom. The van der Waals surface area contributed by atoms with Crippen LogP contribution in [-0.4, -0.2) is 21.8 Å². The lowest BCUT2D eigenvalue weighted by Gasteiger charge is -2.01. The molecule has 0 radical (unpaired) electrons. The van der Waals surface area contributed by atoms with Crippen molar-refractivity contribution >= 4 is 22.5 Å². The molecule has 0 saturated heterocycles. The second kappa shape index (κ2) is 5.87. The van der Waals surface area contributed by atoms with E-state index in [2.05, 4.69) is 26.2 Å². The minimum absolute atomic E-state index is 0.549. The molecular weight excluding hydrogens is 288 g/mol. The van der Waals surface area contributed by atoms with Gasteiger partial charge in [0.2, 0.25) is 5.89 Å². The zero-order chi connectivity index (χ0) is 14.8. The summed E-state index contributed by atoms with van der Waals surface area (Å²) < 4.78 is 7.38. The summed E-state index contributed by atoms with van der Waals surface area (Å²) in [6.07, 6.45) is 2.88. The van der Waals surface area contributed by atoms with E-state index < -0.39 is 0 Å². The fourth-order valence-electron chi connectivity index (χ4n) is 2.45. The number of hydrogen-bond donors (Lipinski definition) is 1. The van der Waals surface area contributed by atoms with Crippen molar-refractivity contribution < 1.29 is 4.52 Å². The topological polar surface area (TPSA) is 55.9 Å². The SMILES string of the molecule is CCc1noc(Cn2cc(CNC)c3ccc(Cl)cc32)n1. The van der Waals surface area contributed by atoms with E-state index in [1.807, 2.05) is 32.2 Å². The average Bonchev–Trinajstić information content (AvgIpc) is 3.05. The van der Waals surface area contributed by atoms with Crippen LogP contribution >= 0.6 is 11.6 Å². The van der Waals surface area contributed by atoms with Gasteiger partial charge in [-0.15, -0.1) is 0 Å². The van der Waals surface area contributed by atoms with E-state index in [1.54, 1.807) is 0 Å². The van der Waals surface area contributed by atoms with Crippen LogP contribution in [0, 0.1) is 0 Å². The first-order chi connectivity index (χ1) is 10.2. The van der Waals surface area contributed by atoms with Gasteiger partial charge in [-0.2, -0.15) is 4.98 Å². The zero-order valence-corrected chi connectivity index (χ0v) is 12.8. The van der Waals surface area contributed by atoms with Crippen LogP contribution in [0.5, 0.6) is 0 Å². The number of rotatable bonds is 5. The summed E-state index contributed by atoms with van der Waals surface area (Å²) in [6.45, 7) is 3.35. The van der Waals surface area contributed by atoms with Gasteiger partial charge < -0.3 is 14.4 Å². The lowest BCUT2D eigenvalue weighted by molar-refractivity contribution is 0.368. The van der Waals surface area contributed by atoms with E-state index in [9.17, 15) is 0 Å². The fraction of sp³-hybridized carbons (Fsp3) is 0.333. The Balaban J connectivity index is 2.02. The molecular formula is C15H17ClN4O. The average molecular weight is 305 g/mol. The highest BCUT2D eigenvalue weighted by Gasteiger charge is 2.12. The summed E-state index contributed by atoms with van der Waals surface area (Å²) in [5, 5.41) is 9.02. The van der Waals surface area contributed by atoms with Gasteiger partial charge in [-0.25, -0.2) is 0 Å². The van der Waals surface area contributed by atoms with Crippen LogP contribution in [0.2, 0.25) is 5.02 Å².